The van der Waals surface area contributed by atoms with Gasteiger partial charge in [-0.15, -0.1) is 0 Å². The van der Waals surface area contributed by atoms with Crippen LogP contribution in [0.15, 0.2) is 42.5 Å². The fraction of sp³-hybridized carbons (Fsp3) is 0.423. The Morgan fingerprint density at radius 1 is 1.14 bits per heavy atom. The molecule has 2 saturated carbocycles. The fourth-order valence-electron chi connectivity index (χ4n) is 6.12. The van der Waals surface area contributed by atoms with Crippen molar-refractivity contribution >= 4 is 5.78 Å². The van der Waals surface area contributed by atoms with Crippen molar-refractivity contribution in [2.75, 3.05) is 0 Å². The lowest BCUT2D eigenvalue weighted by Crippen LogP contribution is -2.42. The molecule has 2 nitrogen and oxygen atoms in total. The Labute approximate surface area is 171 Å². The van der Waals surface area contributed by atoms with Crippen LogP contribution in [-0.4, -0.2) is 17.1 Å². The molecule has 3 aliphatic rings. The summed E-state index contributed by atoms with van der Waals surface area (Å²) in [5.41, 5.74) is 3.49. The van der Waals surface area contributed by atoms with Crippen molar-refractivity contribution in [3.05, 3.63) is 64.7 Å². The van der Waals surface area contributed by atoms with Crippen LogP contribution in [0.25, 0.3) is 0 Å². The second-order valence-electron chi connectivity index (χ2n) is 9.12. The van der Waals surface area contributed by atoms with Gasteiger partial charge in [-0.1, -0.05) is 37.0 Å². The average Bonchev–Trinajstić information content (AvgIpc) is 2.96. The first kappa shape index (κ1) is 18.4. The van der Waals surface area contributed by atoms with Gasteiger partial charge in [0.05, 0.1) is 5.56 Å². The molecule has 2 aromatic carbocycles. The Bertz CT molecular complexity index is 1030. The molecule has 2 fully saturated rings. The van der Waals surface area contributed by atoms with Crippen molar-refractivity contribution in [1.82, 2.24) is 0 Å². The Morgan fingerprint density at radius 3 is 2.72 bits per heavy atom. The molecule has 5 rings (SSSR count). The smallest absolute Gasteiger partial charge is 0.173 e. The summed E-state index contributed by atoms with van der Waals surface area (Å²) in [5.74, 6) is 7.11. The van der Waals surface area contributed by atoms with Crippen LogP contribution in [0.3, 0.4) is 0 Å². The number of fused-ring (bicyclic) bond motifs is 5. The third-order valence-electron chi connectivity index (χ3n) is 7.65. The van der Waals surface area contributed by atoms with Crippen molar-refractivity contribution in [3.8, 4) is 17.6 Å². The standard InChI is InChI=1S/C26H25FO2/c1-26-12-11-19-20(22(26)15-23(27)25(26)29)10-9-17-14-24(28)18(13-21(17)19)8-7-16-5-3-2-4-6-16/h2-6,13-14,19-20,22-23,28H,9-12,15H2,1H3/t19?,20?,22?,23-,26-/m0/s1. The van der Waals surface area contributed by atoms with Crippen LogP contribution >= 0.6 is 0 Å². The van der Waals surface area contributed by atoms with Crippen molar-refractivity contribution in [2.24, 2.45) is 17.3 Å². The van der Waals surface area contributed by atoms with E-state index in [1.54, 1.807) is 0 Å². The topological polar surface area (TPSA) is 37.3 Å². The molecule has 0 aromatic heterocycles. The van der Waals surface area contributed by atoms with Crippen LogP contribution in [0.1, 0.15) is 60.8 Å². The van der Waals surface area contributed by atoms with Crippen molar-refractivity contribution in [1.29, 1.82) is 0 Å². The zero-order chi connectivity index (χ0) is 20.2. The second-order valence-corrected chi connectivity index (χ2v) is 9.12. The molecule has 0 heterocycles. The molecule has 0 aliphatic heterocycles. The number of halogens is 1. The van der Waals surface area contributed by atoms with Crippen LogP contribution < -0.4 is 0 Å². The highest BCUT2D eigenvalue weighted by Gasteiger charge is 2.58. The minimum absolute atomic E-state index is 0.129. The Kier molecular flexibility index (Phi) is 4.28. The van der Waals surface area contributed by atoms with E-state index in [4.69, 9.17) is 0 Å². The number of ketones is 1. The normalized spacial score (nSPS) is 32.6. The summed E-state index contributed by atoms with van der Waals surface area (Å²) in [6, 6.07) is 13.7. The van der Waals surface area contributed by atoms with Gasteiger partial charge in [0, 0.05) is 11.0 Å². The summed E-state index contributed by atoms with van der Waals surface area (Å²) in [4.78, 5) is 12.5. The first-order valence-corrected chi connectivity index (χ1v) is 10.6. The number of phenolic OH excluding ortho intramolecular Hbond substituents is 1. The maximum absolute atomic E-state index is 14.3. The number of benzene rings is 2. The maximum Gasteiger partial charge on any atom is 0.173 e. The fourth-order valence-corrected chi connectivity index (χ4v) is 6.12. The van der Waals surface area contributed by atoms with Gasteiger partial charge in [0.15, 0.2) is 12.0 Å². The minimum Gasteiger partial charge on any atom is -0.507 e. The van der Waals surface area contributed by atoms with E-state index >= 15 is 0 Å². The van der Waals surface area contributed by atoms with E-state index in [9.17, 15) is 14.3 Å². The van der Waals surface area contributed by atoms with Gasteiger partial charge >= 0.3 is 0 Å². The van der Waals surface area contributed by atoms with Crippen molar-refractivity contribution in [3.63, 3.8) is 0 Å². The summed E-state index contributed by atoms with van der Waals surface area (Å²) in [6.07, 6.45) is 2.57. The third kappa shape index (κ3) is 2.89. The molecule has 148 valence electrons. The van der Waals surface area contributed by atoms with Crippen LogP contribution in [0.2, 0.25) is 0 Å². The van der Waals surface area contributed by atoms with Gasteiger partial charge in [-0.25, -0.2) is 4.39 Å². The molecule has 3 aliphatic carbocycles. The summed E-state index contributed by atoms with van der Waals surface area (Å²) < 4.78 is 14.3. The number of rotatable bonds is 0. The number of Topliss-reactive ketones (excluding diaryl/α,β-unsaturated/α-hetero) is 1. The number of hydrogen-bond donors (Lipinski definition) is 1. The molecular weight excluding hydrogens is 363 g/mol. The molecule has 3 heteroatoms. The Morgan fingerprint density at radius 2 is 1.93 bits per heavy atom. The second kappa shape index (κ2) is 6.73. The number of phenols is 1. The predicted octanol–water partition coefficient (Wildman–Crippen LogP) is 5.17. The van der Waals surface area contributed by atoms with Gasteiger partial charge < -0.3 is 5.11 Å². The molecule has 1 N–H and O–H groups in total. The van der Waals surface area contributed by atoms with E-state index in [2.05, 4.69) is 11.8 Å². The number of alkyl halides is 1. The van der Waals surface area contributed by atoms with E-state index in [1.165, 1.54) is 11.1 Å². The lowest BCUT2D eigenvalue weighted by molar-refractivity contribution is -0.132. The highest BCUT2D eigenvalue weighted by atomic mass is 19.1. The highest BCUT2D eigenvalue weighted by molar-refractivity contribution is 5.91. The summed E-state index contributed by atoms with van der Waals surface area (Å²) in [5, 5.41) is 10.5. The molecule has 5 atom stereocenters. The zero-order valence-electron chi connectivity index (χ0n) is 16.6. The van der Waals surface area contributed by atoms with Crippen LogP contribution in [0, 0.1) is 29.1 Å². The number of hydrogen-bond acceptors (Lipinski definition) is 2. The summed E-state index contributed by atoms with van der Waals surface area (Å²) in [7, 11) is 0. The van der Waals surface area contributed by atoms with E-state index in [0.29, 0.717) is 23.8 Å². The number of carbonyl (C=O) groups excluding carboxylic acids is 1. The van der Waals surface area contributed by atoms with Crippen molar-refractivity contribution in [2.45, 2.75) is 51.1 Å². The molecule has 0 saturated heterocycles. The molecule has 0 spiro atoms. The lowest BCUT2D eigenvalue weighted by atomic mass is 9.55. The molecule has 0 radical (unpaired) electrons. The van der Waals surface area contributed by atoms with Gasteiger partial charge in [-0.05, 0) is 85.3 Å². The highest BCUT2D eigenvalue weighted by Crippen LogP contribution is 2.60. The summed E-state index contributed by atoms with van der Waals surface area (Å²) in [6.45, 7) is 1.99. The molecular formula is C26H25FO2. The average molecular weight is 388 g/mol. The maximum atomic E-state index is 14.3. The Hall–Kier alpha value is -2.60. The minimum atomic E-state index is -1.29. The molecule has 0 amide bonds. The van der Waals surface area contributed by atoms with E-state index < -0.39 is 11.6 Å². The molecule has 0 bridgehead atoms. The van der Waals surface area contributed by atoms with Gasteiger partial charge in [-0.2, -0.15) is 0 Å². The number of aromatic hydroxyl groups is 1. The van der Waals surface area contributed by atoms with E-state index in [1.807, 2.05) is 49.4 Å². The lowest BCUT2D eigenvalue weighted by Gasteiger charge is -2.48. The SMILES string of the molecule is C[C@]12CCC3c4cc(C#Cc5ccccc5)c(O)cc4CCC3C1C[C@H](F)C2=O. The first-order chi connectivity index (χ1) is 14.0. The van der Waals surface area contributed by atoms with Gasteiger partial charge in [-0.3, -0.25) is 4.79 Å². The van der Waals surface area contributed by atoms with E-state index in [0.717, 1.165) is 31.2 Å². The molecule has 29 heavy (non-hydrogen) atoms. The van der Waals surface area contributed by atoms with E-state index in [-0.39, 0.29) is 17.5 Å². The molecule has 3 unspecified atom stereocenters. The molecule has 2 aromatic rings. The van der Waals surface area contributed by atoms with Crippen LogP contribution in [0.5, 0.6) is 5.75 Å². The van der Waals surface area contributed by atoms with Gasteiger partial charge in [0.2, 0.25) is 0 Å². The third-order valence-corrected chi connectivity index (χ3v) is 7.65. The predicted molar refractivity (Wildman–Crippen MR) is 110 cm³/mol. The Balaban J connectivity index is 1.50. The quantitative estimate of drug-likeness (QED) is 0.633. The summed E-state index contributed by atoms with van der Waals surface area (Å²) >= 11 is 0. The first-order valence-electron chi connectivity index (χ1n) is 10.6. The van der Waals surface area contributed by atoms with Gasteiger partial charge in [0.25, 0.3) is 0 Å². The number of aryl methyl sites for hydroxylation is 1. The van der Waals surface area contributed by atoms with Crippen LogP contribution in [-0.2, 0) is 11.2 Å². The largest absolute Gasteiger partial charge is 0.507 e. The zero-order valence-corrected chi connectivity index (χ0v) is 16.6. The van der Waals surface area contributed by atoms with Crippen molar-refractivity contribution < 1.29 is 14.3 Å². The van der Waals surface area contributed by atoms with Gasteiger partial charge in [0.1, 0.15) is 5.75 Å². The number of carbonyl (C=O) groups is 1. The monoisotopic (exact) mass is 388 g/mol. The van der Waals surface area contributed by atoms with Crippen LogP contribution in [0.4, 0.5) is 4.39 Å².